The maximum absolute atomic E-state index is 12.9. The van der Waals surface area contributed by atoms with E-state index >= 15 is 0 Å². The number of hydrogen-bond donors (Lipinski definition) is 3. The fourth-order valence-electron chi connectivity index (χ4n) is 3.34. The van der Waals surface area contributed by atoms with Crippen molar-refractivity contribution in [3.63, 3.8) is 0 Å². The summed E-state index contributed by atoms with van der Waals surface area (Å²) < 4.78 is 0.659. The lowest BCUT2D eigenvalue weighted by atomic mass is 9.89. The van der Waals surface area contributed by atoms with Gasteiger partial charge in [0.2, 0.25) is 12.3 Å². The number of amides is 3. The Kier molecular flexibility index (Phi) is 7.34. The molecule has 0 radical (unpaired) electrons. The molecule has 17 heteroatoms. The van der Waals surface area contributed by atoms with Crippen LogP contribution in [0.25, 0.3) is 0 Å². The first-order valence-corrected chi connectivity index (χ1v) is 13.3. The minimum absolute atomic E-state index is 0.0306. The summed E-state index contributed by atoms with van der Waals surface area (Å²) in [5, 5.41) is 27.7. The number of thiazole rings is 1. The minimum Gasteiger partial charge on any atom is -0.481 e. The summed E-state index contributed by atoms with van der Waals surface area (Å²) in [6.07, 6.45) is 0.460. The molecule has 3 atom stereocenters. The van der Waals surface area contributed by atoms with E-state index in [1.165, 1.54) is 52.3 Å². The number of aromatic nitrogens is 3. The van der Waals surface area contributed by atoms with Crippen LogP contribution in [0.2, 0.25) is 0 Å². The predicted octanol–water partition coefficient (Wildman–Crippen LogP) is 0.177. The second kappa shape index (κ2) is 10.2. The normalized spacial score (nSPS) is 24.1. The van der Waals surface area contributed by atoms with Gasteiger partial charge in [-0.1, -0.05) is 28.3 Å². The summed E-state index contributed by atoms with van der Waals surface area (Å²) in [6.45, 7) is 0.0306. The van der Waals surface area contributed by atoms with Crippen LogP contribution in [0, 0.1) is 5.41 Å². The Morgan fingerprint density at radius 1 is 1.47 bits per heavy atom. The van der Waals surface area contributed by atoms with Gasteiger partial charge in [0.05, 0.1) is 0 Å². The zero-order chi connectivity index (χ0) is 24.3. The number of thioether (sulfide) groups is 2. The molecule has 2 aliphatic rings. The van der Waals surface area contributed by atoms with Crippen LogP contribution < -0.4 is 10.6 Å². The molecule has 0 saturated carbocycles. The first-order valence-electron chi connectivity index (χ1n) is 9.51. The van der Waals surface area contributed by atoms with Gasteiger partial charge in [-0.15, -0.1) is 33.3 Å². The van der Waals surface area contributed by atoms with Crippen molar-refractivity contribution in [2.24, 2.45) is 10.6 Å². The third-order valence-electron chi connectivity index (χ3n) is 5.02. The summed E-state index contributed by atoms with van der Waals surface area (Å²) in [7, 11) is 1.27. The lowest BCUT2D eigenvalue weighted by molar-refractivity contribution is -0.157. The SMILES string of the molecule is CON=C(C(=O)NC1C(=O)N2CC(CSc3nncs3)(C(=O)O)CS[C@H]12)c1csc(NC=O)n1. The Bertz CT molecular complexity index is 1130. The van der Waals surface area contributed by atoms with E-state index in [0.717, 1.165) is 11.3 Å². The van der Waals surface area contributed by atoms with E-state index in [1.54, 1.807) is 5.51 Å². The van der Waals surface area contributed by atoms with Gasteiger partial charge in [0, 0.05) is 23.4 Å². The Morgan fingerprint density at radius 2 is 2.29 bits per heavy atom. The predicted molar refractivity (Wildman–Crippen MR) is 126 cm³/mol. The molecule has 2 aromatic heterocycles. The maximum atomic E-state index is 12.9. The maximum Gasteiger partial charge on any atom is 0.313 e. The number of β-lactam (4-membered cyclic amide) rings is 1. The zero-order valence-electron chi connectivity index (χ0n) is 17.4. The van der Waals surface area contributed by atoms with Gasteiger partial charge in [0.25, 0.3) is 5.91 Å². The molecule has 0 bridgehead atoms. The molecule has 2 fully saturated rings. The Balaban J connectivity index is 1.42. The van der Waals surface area contributed by atoms with Crippen molar-refractivity contribution in [2.45, 2.75) is 15.8 Å². The number of nitrogens with zero attached hydrogens (tertiary/aromatic N) is 5. The second-order valence-electron chi connectivity index (χ2n) is 7.12. The second-order valence-corrected chi connectivity index (χ2v) is 11.1. The number of fused-ring (bicyclic) bond motifs is 1. The molecule has 3 N–H and O–H groups in total. The van der Waals surface area contributed by atoms with Crippen molar-refractivity contribution in [3.8, 4) is 0 Å². The van der Waals surface area contributed by atoms with E-state index in [2.05, 4.69) is 31.0 Å². The lowest BCUT2D eigenvalue weighted by Crippen LogP contribution is -2.74. The topological polar surface area (TPSA) is 176 Å². The van der Waals surface area contributed by atoms with Crippen molar-refractivity contribution in [1.82, 2.24) is 25.4 Å². The number of anilines is 1. The van der Waals surface area contributed by atoms with Gasteiger partial charge < -0.3 is 25.5 Å². The van der Waals surface area contributed by atoms with Crippen LogP contribution in [-0.2, 0) is 24.0 Å². The average molecular weight is 544 g/mol. The number of carboxylic acids is 1. The number of aliphatic carboxylic acids is 1. The van der Waals surface area contributed by atoms with Gasteiger partial charge in [-0.3, -0.25) is 19.2 Å². The first-order chi connectivity index (χ1) is 16.4. The average Bonchev–Trinajstić information content (AvgIpc) is 3.52. The largest absolute Gasteiger partial charge is 0.481 e. The fourth-order valence-corrected chi connectivity index (χ4v) is 7.34. The minimum atomic E-state index is -1.15. The van der Waals surface area contributed by atoms with E-state index in [1.807, 2.05) is 0 Å². The highest BCUT2D eigenvalue weighted by atomic mass is 32.2. The number of carbonyl (C=O) groups is 4. The van der Waals surface area contributed by atoms with Crippen molar-refractivity contribution in [3.05, 3.63) is 16.6 Å². The van der Waals surface area contributed by atoms with Gasteiger partial charge >= 0.3 is 5.97 Å². The molecule has 34 heavy (non-hydrogen) atoms. The quantitative estimate of drug-likeness (QED) is 0.122. The standard InChI is InChI=1S/C17H17N7O6S4/c1-30-23-9(8-2-31-15(20-8)18-6-25)11(26)21-10-12(27)24-3-17(14(28)29,4-32-13(10)24)5-33-16-22-19-7-34-16/h2,6-7,10,13H,3-5H2,1H3,(H,21,26)(H,28,29)(H,18,20,25)/t10?,13-,17?/m1/s1. The molecule has 2 aromatic rings. The van der Waals surface area contributed by atoms with Crippen LogP contribution in [0.4, 0.5) is 5.13 Å². The van der Waals surface area contributed by atoms with Crippen LogP contribution in [-0.4, -0.2) is 91.7 Å². The first kappa shape index (κ1) is 24.4. The molecular formula is C17H17N7O6S4. The molecule has 0 aromatic carbocycles. The monoisotopic (exact) mass is 543 g/mol. The summed E-state index contributed by atoms with van der Waals surface area (Å²) in [5.74, 6) is -1.54. The van der Waals surface area contributed by atoms with Crippen LogP contribution in [0.5, 0.6) is 0 Å². The van der Waals surface area contributed by atoms with Gasteiger partial charge in [-0.2, -0.15) is 0 Å². The summed E-state index contributed by atoms with van der Waals surface area (Å²) in [4.78, 5) is 58.7. The van der Waals surface area contributed by atoms with E-state index in [4.69, 9.17) is 4.84 Å². The van der Waals surface area contributed by atoms with Crippen LogP contribution in [0.1, 0.15) is 5.69 Å². The van der Waals surface area contributed by atoms with Gasteiger partial charge in [0.1, 0.15) is 35.1 Å². The fraction of sp³-hybridized carbons (Fsp3) is 0.412. The van der Waals surface area contributed by atoms with E-state index in [-0.39, 0.29) is 40.5 Å². The molecule has 13 nitrogen and oxygen atoms in total. The number of oxime groups is 1. The van der Waals surface area contributed by atoms with Crippen molar-refractivity contribution >= 4 is 81.2 Å². The van der Waals surface area contributed by atoms with Gasteiger partial charge in [0.15, 0.2) is 15.2 Å². The number of rotatable bonds is 10. The van der Waals surface area contributed by atoms with Crippen LogP contribution in [0.3, 0.4) is 0 Å². The van der Waals surface area contributed by atoms with Crippen molar-refractivity contribution in [2.75, 3.05) is 30.5 Å². The molecule has 4 heterocycles. The van der Waals surface area contributed by atoms with Gasteiger partial charge in [-0.25, -0.2) is 4.98 Å². The number of nitrogens with one attached hydrogen (secondary N) is 2. The third-order valence-corrected chi connectivity index (χ3v) is 9.54. The summed E-state index contributed by atoms with van der Waals surface area (Å²) >= 11 is 5.01. The van der Waals surface area contributed by atoms with E-state index in [9.17, 15) is 24.3 Å². The molecule has 2 unspecified atom stereocenters. The highest BCUT2D eigenvalue weighted by Gasteiger charge is 2.57. The molecule has 180 valence electrons. The lowest BCUT2D eigenvalue weighted by Gasteiger charge is -2.53. The molecule has 0 aliphatic carbocycles. The smallest absolute Gasteiger partial charge is 0.313 e. The van der Waals surface area contributed by atoms with Crippen LogP contribution in [0.15, 0.2) is 20.4 Å². The number of hydrogen-bond acceptors (Lipinski definition) is 13. The third kappa shape index (κ3) is 4.73. The van der Waals surface area contributed by atoms with E-state index in [0.29, 0.717) is 10.7 Å². The molecule has 3 amide bonds. The zero-order valence-corrected chi connectivity index (χ0v) is 20.6. The Morgan fingerprint density at radius 3 is 2.97 bits per heavy atom. The highest BCUT2D eigenvalue weighted by molar-refractivity contribution is 8.01. The molecule has 0 spiro atoms. The van der Waals surface area contributed by atoms with E-state index < -0.39 is 28.7 Å². The van der Waals surface area contributed by atoms with Crippen molar-refractivity contribution < 1.29 is 29.1 Å². The van der Waals surface area contributed by atoms with Gasteiger partial charge in [-0.05, 0) is 0 Å². The molecule has 4 rings (SSSR count). The summed E-state index contributed by atoms with van der Waals surface area (Å²) in [5.41, 5.74) is 0.443. The Labute approximate surface area is 208 Å². The Hall–Kier alpha value is -2.76. The van der Waals surface area contributed by atoms with Crippen LogP contribution >= 0.6 is 46.2 Å². The van der Waals surface area contributed by atoms with Crippen molar-refractivity contribution in [1.29, 1.82) is 0 Å². The molecule has 2 saturated heterocycles. The summed E-state index contributed by atoms with van der Waals surface area (Å²) in [6, 6.07) is -0.839. The highest BCUT2D eigenvalue weighted by Crippen LogP contribution is 2.44. The molecular weight excluding hydrogens is 526 g/mol. The number of carboxylic acid groups (broad SMARTS) is 1. The molecule has 2 aliphatic heterocycles. The number of carbonyl (C=O) groups excluding carboxylic acids is 3.